The highest BCUT2D eigenvalue weighted by atomic mass is 16.5. The fourth-order valence-corrected chi connectivity index (χ4v) is 1.34. The van der Waals surface area contributed by atoms with Crippen LogP contribution in [0.4, 0.5) is 0 Å². The molecule has 0 aliphatic rings. The molecule has 0 aromatic carbocycles. The fraction of sp³-hybridized carbons (Fsp3) is 0.900. The average molecular weight is 203 g/mol. The average Bonchev–Trinajstić information content (AvgIpc) is 2.21. The van der Waals surface area contributed by atoms with E-state index in [0.29, 0.717) is 6.42 Å². The first-order chi connectivity index (χ1) is 6.81. The Bertz CT molecular complexity index is 139. The van der Waals surface area contributed by atoms with Crippen molar-refractivity contribution in [2.45, 2.75) is 51.4 Å². The number of aliphatic hydroxyl groups is 1. The summed E-state index contributed by atoms with van der Waals surface area (Å²) >= 11 is 0. The highest BCUT2D eigenvalue weighted by Gasteiger charge is 1.97. The maximum Gasteiger partial charge on any atom is 0.243 e. The number of hydroxylamine groups is 1. The standard InChI is InChI=1S/C10H21NO3/c12-9-7-5-3-1-2-4-6-8-10(13)11-14/h12,14H,1-9H2,(H,11,13). The van der Waals surface area contributed by atoms with Crippen LogP contribution in [-0.4, -0.2) is 22.8 Å². The van der Waals surface area contributed by atoms with E-state index < -0.39 is 0 Å². The number of rotatable bonds is 9. The summed E-state index contributed by atoms with van der Waals surface area (Å²) in [6, 6.07) is 0. The third-order valence-corrected chi connectivity index (χ3v) is 2.19. The fourth-order valence-electron chi connectivity index (χ4n) is 1.34. The number of amides is 1. The molecule has 0 spiro atoms. The smallest absolute Gasteiger partial charge is 0.243 e. The Hall–Kier alpha value is -0.610. The van der Waals surface area contributed by atoms with Crippen molar-refractivity contribution in [3.8, 4) is 0 Å². The van der Waals surface area contributed by atoms with Crippen molar-refractivity contribution in [2.75, 3.05) is 6.61 Å². The Morgan fingerprint density at radius 2 is 1.43 bits per heavy atom. The summed E-state index contributed by atoms with van der Waals surface area (Å²) in [7, 11) is 0. The van der Waals surface area contributed by atoms with Crippen LogP contribution in [0.25, 0.3) is 0 Å². The van der Waals surface area contributed by atoms with Crippen LogP contribution in [0, 0.1) is 0 Å². The molecule has 0 unspecified atom stereocenters. The van der Waals surface area contributed by atoms with Gasteiger partial charge in [0.15, 0.2) is 0 Å². The largest absolute Gasteiger partial charge is 0.396 e. The summed E-state index contributed by atoms with van der Waals surface area (Å²) in [6.07, 6.45) is 7.73. The van der Waals surface area contributed by atoms with Crippen molar-refractivity contribution < 1.29 is 15.1 Å². The minimum absolute atomic E-state index is 0.288. The zero-order valence-electron chi connectivity index (χ0n) is 8.67. The summed E-state index contributed by atoms with van der Waals surface area (Å²) in [5, 5.41) is 16.7. The van der Waals surface area contributed by atoms with E-state index in [1.165, 1.54) is 6.42 Å². The Labute approximate surface area is 85.3 Å². The molecule has 0 saturated heterocycles. The lowest BCUT2D eigenvalue weighted by Gasteiger charge is -2.00. The molecule has 0 saturated carbocycles. The van der Waals surface area contributed by atoms with Crippen LogP contribution >= 0.6 is 0 Å². The van der Waals surface area contributed by atoms with E-state index in [0.717, 1.165) is 38.5 Å². The highest BCUT2D eigenvalue weighted by molar-refractivity contribution is 5.74. The van der Waals surface area contributed by atoms with Crippen LogP contribution in [0.15, 0.2) is 0 Å². The maximum absolute atomic E-state index is 10.6. The van der Waals surface area contributed by atoms with Gasteiger partial charge in [-0.1, -0.05) is 32.1 Å². The second-order valence-corrected chi connectivity index (χ2v) is 3.48. The van der Waals surface area contributed by atoms with Gasteiger partial charge in [-0.2, -0.15) is 0 Å². The monoisotopic (exact) mass is 203 g/mol. The van der Waals surface area contributed by atoms with Gasteiger partial charge in [0.1, 0.15) is 0 Å². The van der Waals surface area contributed by atoms with E-state index >= 15 is 0 Å². The predicted molar refractivity (Wildman–Crippen MR) is 54.0 cm³/mol. The Balaban J connectivity index is 2.95. The molecule has 1 amide bonds. The first kappa shape index (κ1) is 13.4. The SMILES string of the molecule is O=C(CCCCCCCCCO)NO. The van der Waals surface area contributed by atoms with Crippen LogP contribution in [0.3, 0.4) is 0 Å². The highest BCUT2D eigenvalue weighted by Crippen LogP contribution is 2.08. The van der Waals surface area contributed by atoms with E-state index in [4.69, 9.17) is 10.3 Å². The number of aliphatic hydroxyl groups excluding tert-OH is 1. The molecule has 0 aliphatic heterocycles. The van der Waals surface area contributed by atoms with Crippen LogP contribution in [0.5, 0.6) is 0 Å². The number of unbranched alkanes of at least 4 members (excludes halogenated alkanes) is 6. The van der Waals surface area contributed by atoms with Crippen molar-refractivity contribution in [2.24, 2.45) is 0 Å². The second-order valence-electron chi connectivity index (χ2n) is 3.48. The number of hydrogen-bond acceptors (Lipinski definition) is 3. The molecule has 0 aromatic rings. The number of nitrogens with one attached hydrogen (secondary N) is 1. The molecule has 0 aromatic heterocycles. The Kier molecular flexibility index (Phi) is 10.0. The molecule has 4 heteroatoms. The van der Waals surface area contributed by atoms with Crippen molar-refractivity contribution >= 4 is 5.91 Å². The third kappa shape index (κ3) is 9.48. The quantitative estimate of drug-likeness (QED) is 0.303. The van der Waals surface area contributed by atoms with E-state index in [9.17, 15) is 4.79 Å². The van der Waals surface area contributed by atoms with Gasteiger partial charge in [0, 0.05) is 13.0 Å². The summed E-state index contributed by atoms with van der Waals surface area (Å²) in [6.45, 7) is 0.288. The van der Waals surface area contributed by atoms with Crippen molar-refractivity contribution in [1.82, 2.24) is 5.48 Å². The second kappa shape index (κ2) is 10.5. The van der Waals surface area contributed by atoms with Gasteiger partial charge in [0.2, 0.25) is 5.91 Å². The van der Waals surface area contributed by atoms with Gasteiger partial charge in [0.25, 0.3) is 0 Å². The Morgan fingerprint density at radius 3 is 1.93 bits per heavy atom. The lowest BCUT2D eigenvalue weighted by atomic mass is 10.1. The number of hydrogen-bond donors (Lipinski definition) is 3. The van der Waals surface area contributed by atoms with Crippen LogP contribution in [-0.2, 0) is 4.79 Å². The van der Waals surface area contributed by atoms with Gasteiger partial charge < -0.3 is 5.11 Å². The van der Waals surface area contributed by atoms with Crippen LogP contribution in [0.2, 0.25) is 0 Å². The normalized spacial score (nSPS) is 10.1. The summed E-state index contributed by atoms with van der Waals surface area (Å²) < 4.78 is 0. The lowest BCUT2D eigenvalue weighted by Crippen LogP contribution is -2.17. The molecule has 0 radical (unpaired) electrons. The Morgan fingerprint density at radius 1 is 0.929 bits per heavy atom. The lowest BCUT2D eigenvalue weighted by molar-refractivity contribution is -0.129. The first-order valence-corrected chi connectivity index (χ1v) is 5.35. The van der Waals surface area contributed by atoms with Gasteiger partial charge in [0.05, 0.1) is 0 Å². The summed E-state index contributed by atoms with van der Waals surface area (Å²) in [5.41, 5.74) is 1.62. The van der Waals surface area contributed by atoms with Crippen molar-refractivity contribution in [3.63, 3.8) is 0 Å². The minimum Gasteiger partial charge on any atom is -0.396 e. The van der Waals surface area contributed by atoms with Gasteiger partial charge in [-0.05, 0) is 12.8 Å². The summed E-state index contributed by atoms with van der Waals surface area (Å²) in [4.78, 5) is 10.6. The number of carbonyl (C=O) groups excluding carboxylic acids is 1. The molecule has 3 N–H and O–H groups in total. The molecule has 84 valence electrons. The molecule has 0 aliphatic carbocycles. The molecule has 0 heterocycles. The van der Waals surface area contributed by atoms with E-state index in [-0.39, 0.29) is 12.5 Å². The topological polar surface area (TPSA) is 69.6 Å². The number of carbonyl (C=O) groups is 1. The van der Waals surface area contributed by atoms with Crippen molar-refractivity contribution in [3.05, 3.63) is 0 Å². The molecular formula is C10H21NO3. The van der Waals surface area contributed by atoms with E-state index in [2.05, 4.69) is 0 Å². The van der Waals surface area contributed by atoms with Crippen LogP contribution < -0.4 is 5.48 Å². The van der Waals surface area contributed by atoms with Gasteiger partial charge in [-0.3, -0.25) is 10.0 Å². The molecule has 14 heavy (non-hydrogen) atoms. The molecular weight excluding hydrogens is 182 g/mol. The summed E-state index contributed by atoms with van der Waals surface area (Å²) in [5.74, 6) is -0.301. The molecule has 4 nitrogen and oxygen atoms in total. The molecule has 0 fully saturated rings. The van der Waals surface area contributed by atoms with Crippen LogP contribution in [0.1, 0.15) is 51.4 Å². The zero-order chi connectivity index (χ0) is 10.6. The molecule has 0 bridgehead atoms. The predicted octanol–water partition coefficient (Wildman–Crippen LogP) is 1.60. The van der Waals surface area contributed by atoms with E-state index in [1.807, 2.05) is 0 Å². The zero-order valence-corrected chi connectivity index (χ0v) is 8.67. The van der Waals surface area contributed by atoms with Gasteiger partial charge in [-0.25, -0.2) is 5.48 Å². The third-order valence-electron chi connectivity index (χ3n) is 2.19. The van der Waals surface area contributed by atoms with Gasteiger partial charge in [-0.15, -0.1) is 0 Å². The molecule has 0 rings (SSSR count). The first-order valence-electron chi connectivity index (χ1n) is 5.35. The van der Waals surface area contributed by atoms with Crippen molar-refractivity contribution in [1.29, 1.82) is 0 Å². The van der Waals surface area contributed by atoms with E-state index in [1.54, 1.807) is 5.48 Å². The maximum atomic E-state index is 10.6. The minimum atomic E-state index is -0.301. The molecule has 0 atom stereocenters. The van der Waals surface area contributed by atoms with Gasteiger partial charge >= 0.3 is 0 Å².